The Morgan fingerprint density at radius 1 is 1.13 bits per heavy atom. The van der Waals surface area contributed by atoms with Crippen molar-refractivity contribution in [2.75, 3.05) is 25.0 Å². The molecule has 0 bridgehead atoms. The molecule has 2 aromatic carbocycles. The third-order valence-corrected chi connectivity index (χ3v) is 7.13. The number of hydrogen-bond donors (Lipinski definition) is 3. The van der Waals surface area contributed by atoms with E-state index in [1.165, 1.54) is 16.9 Å². The number of benzene rings is 2. The maximum atomic E-state index is 9.79. The molecule has 164 valence electrons. The number of rotatable bonds is 7. The van der Waals surface area contributed by atoms with E-state index in [-0.39, 0.29) is 18.8 Å². The molecule has 3 aromatic rings. The molecule has 1 saturated heterocycles. The van der Waals surface area contributed by atoms with Gasteiger partial charge in [-0.05, 0) is 49.1 Å². The van der Waals surface area contributed by atoms with Crippen molar-refractivity contribution in [2.24, 2.45) is 0 Å². The number of thiazole rings is 1. The van der Waals surface area contributed by atoms with Gasteiger partial charge >= 0.3 is 0 Å². The van der Waals surface area contributed by atoms with E-state index in [1.807, 2.05) is 17.5 Å². The lowest BCUT2D eigenvalue weighted by Gasteiger charge is -2.36. The van der Waals surface area contributed by atoms with Gasteiger partial charge in [0.25, 0.3) is 0 Å². The van der Waals surface area contributed by atoms with Crippen molar-refractivity contribution < 1.29 is 10.2 Å². The Morgan fingerprint density at radius 2 is 1.94 bits per heavy atom. The first-order chi connectivity index (χ1) is 15.0. The summed E-state index contributed by atoms with van der Waals surface area (Å²) in [5, 5.41) is 26.6. The third-order valence-electron chi connectivity index (χ3n) is 5.63. The fourth-order valence-electron chi connectivity index (χ4n) is 3.83. The summed E-state index contributed by atoms with van der Waals surface area (Å²) in [7, 11) is 0. The molecule has 3 N–H and O–H groups in total. The number of halogens is 2. The molecule has 31 heavy (non-hydrogen) atoms. The first-order valence-electron chi connectivity index (χ1n) is 10.3. The molecule has 1 aliphatic heterocycles. The fraction of sp³-hybridized carbons (Fsp3) is 0.348. The molecule has 0 spiro atoms. The predicted octanol–water partition coefficient (Wildman–Crippen LogP) is 5.22. The van der Waals surface area contributed by atoms with Crippen molar-refractivity contribution in [3.63, 3.8) is 0 Å². The molecule has 1 aliphatic rings. The second-order valence-electron chi connectivity index (χ2n) is 7.79. The van der Waals surface area contributed by atoms with Gasteiger partial charge in [-0.25, -0.2) is 4.98 Å². The van der Waals surface area contributed by atoms with E-state index in [0.29, 0.717) is 16.5 Å². The van der Waals surface area contributed by atoms with Crippen LogP contribution in [0.4, 0.5) is 10.8 Å². The number of likely N-dealkylation sites (tertiary alicyclic amines) is 1. The quantitative estimate of drug-likeness (QED) is 0.435. The lowest BCUT2D eigenvalue weighted by molar-refractivity contribution is 0.0177. The summed E-state index contributed by atoms with van der Waals surface area (Å²) in [4.78, 5) is 6.92. The Morgan fingerprint density at radius 3 is 2.68 bits per heavy atom. The maximum absolute atomic E-state index is 9.79. The van der Waals surface area contributed by atoms with Crippen LogP contribution in [0.15, 0.2) is 47.8 Å². The van der Waals surface area contributed by atoms with Gasteiger partial charge in [0.1, 0.15) is 0 Å². The first-order valence-corrected chi connectivity index (χ1v) is 12.0. The molecule has 8 heteroatoms. The van der Waals surface area contributed by atoms with Crippen LogP contribution in [0.5, 0.6) is 0 Å². The smallest absolute Gasteiger partial charge is 0.187 e. The van der Waals surface area contributed by atoms with E-state index in [1.54, 1.807) is 6.07 Å². The van der Waals surface area contributed by atoms with E-state index in [9.17, 15) is 10.2 Å². The summed E-state index contributed by atoms with van der Waals surface area (Å²) in [5.74, 6) is 0. The normalized spacial score (nSPS) is 19.5. The Balaban J connectivity index is 1.34. The minimum absolute atomic E-state index is 0.0549. The van der Waals surface area contributed by atoms with E-state index < -0.39 is 0 Å². The van der Waals surface area contributed by atoms with Crippen molar-refractivity contribution >= 4 is 45.4 Å². The number of aliphatic hydroxyl groups excluding tert-OH is 2. The van der Waals surface area contributed by atoms with Crippen LogP contribution in [-0.2, 0) is 6.42 Å². The number of hydrogen-bond acceptors (Lipinski definition) is 6. The number of piperidine rings is 1. The van der Waals surface area contributed by atoms with Gasteiger partial charge < -0.3 is 15.5 Å². The van der Waals surface area contributed by atoms with Gasteiger partial charge in [-0.2, -0.15) is 0 Å². The molecule has 5 nitrogen and oxygen atoms in total. The topological polar surface area (TPSA) is 68.6 Å². The molecule has 0 radical (unpaired) electrons. The maximum Gasteiger partial charge on any atom is 0.187 e. The van der Waals surface area contributed by atoms with Crippen LogP contribution in [0, 0.1) is 0 Å². The van der Waals surface area contributed by atoms with E-state index in [2.05, 4.69) is 39.5 Å². The lowest BCUT2D eigenvalue weighted by atomic mass is 9.99. The second kappa shape index (κ2) is 10.3. The molecule has 0 saturated carbocycles. The summed E-state index contributed by atoms with van der Waals surface area (Å²) in [6, 6.07) is 13.9. The zero-order valence-electron chi connectivity index (χ0n) is 17.0. The summed E-state index contributed by atoms with van der Waals surface area (Å²) in [5.41, 5.74) is 4.00. The highest BCUT2D eigenvalue weighted by atomic mass is 35.5. The van der Waals surface area contributed by atoms with Gasteiger partial charge in [0, 0.05) is 35.8 Å². The predicted molar refractivity (Wildman–Crippen MR) is 129 cm³/mol. The molecule has 2 atom stereocenters. The highest BCUT2D eigenvalue weighted by molar-refractivity contribution is 7.14. The van der Waals surface area contributed by atoms with Crippen molar-refractivity contribution in [1.82, 2.24) is 9.88 Å². The molecule has 0 unspecified atom stereocenters. The number of aromatic nitrogens is 1. The van der Waals surface area contributed by atoms with Gasteiger partial charge in [0.15, 0.2) is 5.13 Å². The second-order valence-corrected chi connectivity index (χ2v) is 9.46. The summed E-state index contributed by atoms with van der Waals surface area (Å²) in [6.45, 7) is 1.80. The van der Waals surface area contributed by atoms with E-state index in [4.69, 9.17) is 23.2 Å². The Bertz CT molecular complexity index is 1010. The lowest BCUT2D eigenvalue weighted by Crippen LogP contribution is -2.47. The summed E-state index contributed by atoms with van der Waals surface area (Å²) < 4.78 is 0. The van der Waals surface area contributed by atoms with Gasteiger partial charge in [-0.15, -0.1) is 11.3 Å². The molecule has 4 rings (SSSR count). The molecule has 1 aromatic heterocycles. The molecule has 0 aliphatic carbocycles. The van der Waals surface area contributed by atoms with Gasteiger partial charge in [0.05, 0.1) is 28.5 Å². The molecule has 1 fully saturated rings. The Hall–Kier alpha value is -1.67. The minimum Gasteiger partial charge on any atom is -0.395 e. The Kier molecular flexibility index (Phi) is 7.48. The summed E-state index contributed by atoms with van der Waals surface area (Å²) in [6.07, 6.45) is 2.04. The van der Waals surface area contributed by atoms with E-state index in [0.717, 1.165) is 48.0 Å². The monoisotopic (exact) mass is 477 g/mol. The molecular formula is C23H25Cl2N3O2S. The molecule has 0 amide bonds. The van der Waals surface area contributed by atoms with Gasteiger partial charge in [-0.1, -0.05) is 41.4 Å². The molecular weight excluding hydrogens is 453 g/mol. The van der Waals surface area contributed by atoms with Crippen LogP contribution < -0.4 is 5.32 Å². The standard InChI is InChI=1S/C23H25Cl2N3O2S/c24-20-6-3-16(11-21(20)25)22-14-31-23(27-22)26-17-4-1-15(2-5-17)7-9-28-10-8-19(30)12-18(28)13-29/h1-6,11,14,18-19,29-30H,7-10,12-13H2,(H,26,27)/t18-,19+/m1/s1. The van der Waals surface area contributed by atoms with Gasteiger partial charge in [-0.3, -0.25) is 4.90 Å². The Labute approximate surface area is 196 Å². The number of aliphatic hydroxyl groups is 2. The van der Waals surface area contributed by atoms with Crippen LogP contribution in [0.25, 0.3) is 11.3 Å². The highest BCUT2D eigenvalue weighted by Gasteiger charge is 2.26. The highest BCUT2D eigenvalue weighted by Crippen LogP contribution is 2.31. The number of nitrogens with zero attached hydrogens (tertiary/aromatic N) is 2. The largest absolute Gasteiger partial charge is 0.395 e. The van der Waals surface area contributed by atoms with Crippen LogP contribution in [-0.4, -0.2) is 51.9 Å². The van der Waals surface area contributed by atoms with Crippen molar-refractivity contribution in [1.29, 1.82) is 0 Å². The van der Waals surface area contributed by atoms with Crippen molar-refractivity contribution in [2.45, 2.75) is 31.4 Å². The van der Waals surface area contributed by atoms with Crippen molar-refractivity contribution in [3.8, 4) is 11.3 Å². The van der Waals surface area contributed by atoms with Crippen LogP contribution in [0.1, 0.15) is 18.4 Å². The summed E-state index contributed by atoms with van der Waals surface area (Å²) >= 11 is 13.6. The van der Waals surface area contributed by atoms with Crippen LogP contribution >= 0.6 is 34.5 Å². The average molecular weight is 478 g/mol. The first kappa shape index (κ1) is 22.5. The zero-order valence-corrected chi connectivity index (χ0v) is 19.3. The van der Waals surface area contributed by atoms with E-state index >= 15 is 0 Å². The number of nitrogens with one attached hydrogen (secondary N) is 1. The van der Waals surface area contributed by atoms with Crippen LogP contribution in [0.2, 0.25) is 10.0 Å². The van der Waals surface area contributed by atoms with Gasteiger partial charge in [0.2, 0.25) is 0 Å². The number of anilines is 2. The molecule has 2 heterocycles. The SMILES string of the molecule is OC[C@H]1C[C@@H](O)CCN1CCc1ccc(Nc2nc(-c3ccc(Cl)c(Cl)c3)cs2)cc1. The zero-order chi connectivity index (χ0) is 21.8. The van der Waals surface area contributed by atoms with Crippen molar-refractivity contribution in [3.05, 3.63) is 63.5 Å². The van der Waals surface area contributed by atoms with Crippen LogP contribution in [0.3, 0.4) is 0 Å². The average Bonchev–Trinajstić information content (AvgIpc) is 3.24. The minimum atomic E-state index is -0.290. The fourth-order valence-corrected chi connectivity index (χ4v) is 4.87. The third kappa shape index (κ3) is 5.77.